The first kappa shape index (κ1) is 16.9. The smallest absolute Gasteiger partial charge is 0.296 e. The van der Waals surface area contributed by atoms with Crippen LogP contribution in [-0.4, -0.2) is 21.7 Å². The minimum absolute atomic E-state index is 0.294. The average molecular weight is 428 g/mol. The third-order valence-electron chi connectivity index (χ3n) is 4.00. The van der Waals surface area contributed by atoms with E-state index in [1.807, 2.05) is 53.9 Å². The van der Waals surface area contributed by atoms with Crippen LogP contribution in [-0.2, 0) is 6.42 Å². The number of hydrogen-bond acceptors (Lipinski definition) is 5. The van der Waals surface area contributed by atoms with E-state index in [9.17, 15) is 4.79 Å². The zero-order chi connectivity index (χ0) is 18.1. The zero-order valence-corrected chi connectivity index (χ0v) is 16.3. The van der Waals surface area contributed by atoms with Crippen LogP contribution in [0.5, 0.6) is 5.75 Å². The molecule has 0 aliphatic carbocycles. The van der Waals surface area contributed by atoms with Gasteiger partial charge in [-0.2, -0.15) is 10.1 Å². The molecule has 0 aliphatic rings. The molecule has 0 bridgehead atoms. The van der Waals surface area contributed by atoms with Crippen LogP contribution >= 0.6 is 27.3 Å². The standard InChI is InChI=1S/C19H14BrN3O2S/c1-25-15-4-2-3-12(9-15)10-16-18(24)21-19-23(22-16)17(11-26-19)13-5-7-14(20)8-6-13/h2-9,11H,10H2,1H3. The molecule has 4 aromatic rings. The second kappa shape index (κ2) is 7.01. The number of fused-ring (bicyclic) bond motifs is 1. The van der Waals surface area contributed by atoms with Crippen molar-refractivity contribution in [3.8, 4) is 17.0 Å². The Morgan fingerprint density at radius 3 is 2.77 bits per heavy atom. The first-order chi connectivity index (χ1) is 12.6. The molecular weight excluding hydrogens is 414 g/mol. The highest BCUT2D eigenvalue weighted by Gasteiger charge is 2.12. The number of rotatable bonds is 4. The topological polar surface area (TPSA) is 56.5 Å². The van der Waals surface area contributed by atoms with Crippen LogP contribution in [0, 0.1) is 0 Å². The molecule has 5 nitrogen and oxygen atoms in total. The highest BCUT2D eigenvalue weighted by atomic mass is 79.9. The highest BCUT2D eigenvalue weighted by molar-refractivity contribution is 9.10. The molecule has 0 saturated carbocycles. The van der Waals surface area contributed by atoms with Gasteiger partial charge in [-0.15, -0.1) is 11.3 Å². The lowest BCUT2D eigenvalue weighted by atomic mass is 10.1. The average Bonchev–Trinajstić information content (AvgIpc) is 3.05. The first-order valence-electron chi connectivity index (χ1n) is 7.90. The van der Waals surface area contributed by atoms with Gasteiger partial charge in [0.05, 0.1) is 12.8 Å². The van der Waals surface area contributed by atoms with E-state index in [1.165, 1.54) is 11.3 Å². The van der Waals surface area contributed by atoms with Crippen molar-refractivity contribution in [2.75, 3.05) is 7.11 Å². The van der Waals surface area contributed by atoms with Gasteiger partial charge in [0.15, 0.2) is 0 Å². The highest BCUT2D eigenvalue weighted by Crippen LogP contribution is 2.25. The van der Waals surface area contributed by atoms with Crippen molar-refractivity contribution in [3.63, 3.8) is 0 Å². The fourth-order valence-corrected chi connectivity index (χ4v) is 3.79. The van der Waals surface area contributed by atoms with Crippen molar-refractivity contribution in [3.05, 3.63) is 80.0 Å². The van der Waals surface area contributed by atoms with Gasteiger partial charge in [0.1, 0.15) is 11.4 Å². The molecule has 0 aliphatic heterocycles. The number of ether oxygens (including phenoxy) is 1. The van der Waals surface area contributed by atoms with Crippen molar-refractivity contribution in [1.82, 2.24) is 14.6 Å². The summed E-state index contributed by atoms with van der Waals surface area (Å²) >= 11 is 4.85. The maximum absolute atomic E-state index is 12.4. The predicted molar refractivity (Wildman–Crippen MR) is 106 cm³/mol. The summed E-state index contributed by atoms with van der Waals surface area (Å²) < 4.78 is 8.00. The largest absolute Gasteiger partial charge is 0.497 e. The number of benzene rings is 2. The van der Waals surface area contributed by atoms with Crippen LogP contribution in [0.25, 0.3) is 16.2 Å². The Hall–Kier alpha value is -2.51. The van der Waals surface area contributed by atoms with Crippen molar-refractivity contribution in [2.45, 2.75) is 6.42 Å². The second-order valence-corrected chi connectivity index (χ2v) is 7.47. The Bertz CT molecular complexity index is 1140. The molecule has 130 valence electrons. The van der Waals surface area contributed by atoms with E-state index in [0.717, 1.165) is 27.0 Å². The molecule has 0 N–H and O–H groups in total. The number of hydrogen-bond donors (Lipinski definition) is 0. The summed E-state index contributed by atoms with van der Waals surface area (Å²) in [6, 6.07) is 15.6. The molecule has 2 aromatic heterocycles. The second-order valence-electron chi connectivity index (χ2n) is 5.71. The third-order valence-corrected chi connectivity index (χ3v) is 5.34. The monoisotopic (exact) mass is 427 g/mol. The van der Waals surface area contributed by atoms with Crippen LogP contribution in [0.15, 0.2) is 63.2 Å². The summed E-state index contributed by atoms with van der Waals surface area (Å²) in [6.45, 7) is 0. The van der Waals surface area contributed by atoms with E-state index in [-0.39, 0.29) is 5.56 Å². The molecule has 0 fully saturated rings. The summed E-state index contributed by atoms with van der Waals surface area (Å²) in [5, 5.41) is 6.55. The molecule has 0 saturated heterocycles. The van der Waals surface area contributed by atoms with Crippen molar-refractivity contribution in [1.29, 1.82) is 0 Å². The SMILES string of the molecule is COc1cccc(Cc2nn3c(-c4ccc(Br)cc4)csc3nc2=O)c1. The number of methoxy groups -OCH3 is 1. The third kappa shape index (κ3) is 3.27. The quantitative estimate of drug-likeness (QED) is 0.490. The van der Waals surface area contributed by atoms with Gasteiger partial charge in [-0.05, 0) is 29.8 Å². The maximum Gasteiger partial charge on any atom is 0.296 e. The van der Waals surface area contributed by atoms with Gasteiger partial charge in [-0.25, -0.2) is 4.52 Å². The molecule has 0 spiro atoms. The van der Waals surface area contributed by atoms with Gasteiger partial charge >= 0.3 is 0 Å². The summed E-state index contributed by atoms with van der Waals surface area (Å²) in [7, 11) is 1.62. The van der Waals surface area contributed by atoms with Crippen LogP contribution < -0.4 is 10.3 Å². The summed E-state index contributed by atoms with van der Waals surface area (Å²) in [6.07, 6.45) is 0.404. The lowest BCUT2D eigenvalue weighted by Crippen LogP contribution is -2.18. The van der Waals surface area contributed by atoms with Crippen LogP contribution in [0.2, 0.25) is 0 Å². The zero-order valence-electron chi connectivity index (χ0n) is 13.8. The van der Waals surface area contributed by atoms with E-state index in [0.29, 0.717) is 17.1 Å². The van der Waals surface area contributed by atoms with Gasteiger partial charge in [0, 0.05) is 21.8 Å². The fourth-order valence-electron chi connectivity index (χ4n) is 2.69. The lowest BCUT2D eigenvalue weighted by molar-refractivity contribution is 0.414. The Balaban J connectivity index is 1.78. The minimum atomic E-state index is -0.294. The molecule has 2 aromatic carbocycles. The number of halogens is 1. The summed E-state index contributed by atoms with van der Waals surface area (Å²) in [5.41, 5.74) is 3.00. The number of thiazole rings is 1. The van der Waals surface area contributed by atoms with Crippen molar-refractivity contribution in [2.24, 2.45) is 0 Å². The van der Waals surface area contributed by atoms with Crippen LogP contribution in [0.3, 0.4) is 0 Å². The Kier molecular flexibility index (Phi) is 4.57. The van der Waals surface area contributed by atoms with Crippen LogP contribution in [0.1, 0.15) is 11.3 Å². The Morgan fingerprint density at radius 1 is 1.19 bits per heavy atom. The summed E-state index contributed by atoms with van der Waals surface area (Å²) in [4.78, 5) is 17.2. The Morgan fingerprint density at radius 2 is 2.00 bits per heavy atom. The molecule has 0 radical (unpaired) electrons. The number of aromatic nitrogens is 3. The van der Waals surface area contributed by atoms with Gasteiger partial charge < -0.3 is 4.74 Å². The van der Waals surface area contributed by atoms with Gasteiger partial charge in [0.2, 0.25) is 4.96 Å². The summed E-state index contributed by atoms with van der Waals surface area (Å²) in [5.74, 6) is 0.753. The first-order valence-corrected chi connectivity index (χ1v) is 9.57. The van der Waals surface area contributed by atoms with E-state index >= 15 is 0 Å². The van der Waals surface area contributed by atoms with E-state index < -0.39 is 0 Å². The van der Waals surface area contributed by atoms with E-state index in [1.54, 1.807) is 11.6 Å². The minimum Gasteiger partial charge on any atom is -0.497 e. The van der Waals surface area contributed by atoms with Crippen LogP contribution in [0.4, 0.5) is 0 Å². The maximum atomic E-state index is 12.4. The molecule has 4 rings (SSSR count). The molecule has 0 unspecified atom stereocenters. The predicted octanol–water partition coefficient (Wildman–Crippen LogP) is 4.18. The van der Waals surface area contributed by atoms with Crippen molar-refractivity contribution < 1.29 is 4.74 Å². The molecule has 26 heavy (non-hydrogen) atoms. The van der Waals surface area contributed by atoms with E-state index in [2.05, 4.69) is 26.0 Å². The Labute approximate surface area is 162 Å². The molecular formula is C19H14BrN3O2S. The van der Waals surface area contributed by atoms with Gasteiger partial charge in [-0.3, -0.25) is 4.79 Å². The lowest BCUT2D eigenvalue weighted by Gasteiger charge is -2.05. The normalized spacial score (nSPS) is 11.0. The van der Waals surface area contributed by atoms with Crippen molar-refractivity contribution >= 4 is 32.2 Å². The molecule has 7 heteroatoms. The molecule has 0 amide bonds. The van der Waals surface area contributed by atoms with E-state index in [4.69, 9.17) is 4.74 Å². The number of nitrogens with zero attached hydrogens (tertiary/aromatic N) is 3. The molecule has 2 heterocycles. The fraction of sp³-hybridized carbons (Fsp3) is 0.105. The molecule has 0 atom stereocenters. The van der Waals surface area contributed by atoms with Gasteiger partial charge in [0.25, 0.3) is 5.56 Å². The van der Waals surface area contributed by atoms with Gasteiger partial charge in [-0.1, -0.05) is 40.2 Å².